The Kier molecular flexibility index (Phi) is 4.04. The highest BCUT2D eigenvalue weighted by atomic mass is 16.1. The zero-order valence-electron chi connectivity index (χ0n) is 14.8. The van der Waals surface area contributed by atoms with Gasteiger partial charge in [-0.2, -0.15) is 0 Å². The lowest BCUT2D eigenvalue weighted by Crippen LogP contribution is -2.17. The molecule has 128 valence electrons. The zero-order chi connectivity index (χ0) is 18.3. The predicted molar refractivity (Wildman–Crippen MR) is 101 cm³/mol. The molecular formula is C19H21N5O. The second kappa shape index (κ2) is 6.05. The van der Waals surface area contributed by atoms with Crippen molar-refractivity contribution in [3.05, 3.63) is 58.7 Å². The molecule has 6 nitrogen and oxygen atoms in total. The highest BCUT2D eigenvalue weighted by molar-refractivity contribution is 6.08. The minimum Gasteiger partial charge on any atom is -0.398 e. The second-order valence-electron chi connectivity index (χ2n) is 6.25. The van der Waals surface area contributed by atoms with Crippen LogP contribution in [0.4, 0.5) is 11.4 Å². The fourth-order valence-corrected chi connectivity index (χ4v) is 3.07. The van der Waals surface area contributed by atoms with Crippen molar-refractivity contribution in [1.82, 2.24) is 9.38 Å². The summed E-state index contributed by atoms with van der Waals surface area (Å²) in [6.45, 7) is 7.45. The molecule has 3 aromatic rings. The lowest BCUT2D eigenvalue weighted by atomic mass is 10.0. The second-order valence-corrected chi connectivity index (χ2v) is 6.25. The number of carbonyl (C=O) groups is 1. The number of hydrogen-bond donors (Lipinski definition) is 3. The summed E-state index contributed by atoms with van der Waals surface area (Å²) in [5, 5.41) is 10.7. The van der Waals surface area contributed by atoms with E-state index in [0.717, 1.165) is 22.5 Å². The first-order valence-corrected chi connectivity index (χ1v) is 8.00. The Morgan fingerprint density at radius 1 is 1.24 bits per heavy atom. The van der Waals surface area contributed by atoms with Crippen molar-refractivity contribution < 1.29 is 4.79 Å². The summed E-state index contributed by atoms with van der Waals surface area (Å²) < 4.78 is 1.92. The van der Waals surface area contributed by atoms with Crippen LogP contribution in [0.25, 0.3) is 5.52 Å². The normalized spacial score (nSPS) is 10.9. The van der Waals surface area contributed by atoms with Crippen LogP contribution in [0, 0.1) is 26.2 Å². The number of nitrogens with one attached hydrogen (secondary N) is 2. The van der Waals surface area contributed by atoms with E-state index in [2.05, 4.69) is 10.3 Å². The first-order chi connectivity index (χ1) is 11.8. The Labute approximate surface area is 146 Å². The number of hydrogen-bond acceptors (Lipinski definition) is 4. The molecule has 1 aromatic carbocycles. The molecule has 0 radical (unpaired) electrons. The summed E-state index contributed by atoms with van der Waals surface area (Å²) in [6, 6.07) is 7.13. The van der Waals surface area contributed by atoms with E-state index in [4.69, 9.17) is 11.1 Å². The van der Waals surface area contributed by atoms with Gasteiger partial charge in [-0.25, -0.2) is 4.98 Å². The Balaban J connectivity index is 2.01. The molecule has 0 unspecified atom stereocenters. The van der Waals surface area contributed by atoms with E-state index in [1.807, 2.05) is 31.2 Å². The van der Waals surface area contributed by atoms with Gasteiger partial charge in [0.2, 0.25) is 0 Å². The summed E-state index contributed by atoms with van der Waals surface area (Å²) in [7, 11) is 0. The average molecular weight is 335 g/mol. The van der Waals surface area contributed by atoms with Gasteiger partial charge >= 0.3 is 0 Å². The first-order valence-electron chi connectivity index (χ1n) is 8.00. The lowest BCUT2D eigenvalue weighted by Gasteiger charge is -2.14. The van der Waals surface area contributed by atoms with Gasteiger partial charge in [-0.1, -0.05) is 0 Å². The van der Waals surface area contributed by atoms with Crippen LogP contribution in [0.15, 0.2) is 30.6 Å². The molecule has 2 heterocycles. The number of aromatic nitrogens is 2. The maximum atomic E-state index is 12.8. The van der Waals surface area contributed by atoms with Crippen LogP contribution in [0.5, 0.6) is 0 Å². The minimum absolute atomic E-state index is 0.193. The van der Waals surface area contributed by atoms with Crippen molar-refractivity contribution in [2.24, 2.45) is 0 Å². The third kappa shape index (κ3) is 2.87. The monoisotopic (exact) mass is 335 g/mol. The van der Waals surface area contributed by atoms with Crippen LogP contribution < -0.4 is 11.1 Å². The van der Waals surface area contributed by atoms with E-state index in [-0.39, 0.29) is 5.91 Å². The van der Waals surface area contributed by atoms with Crippen LogP contribution in [0.2, 0.25) is 0 Å². The SMILES string of the molecule is CC(=N)c1cc(NC(=O)c2c(C)cc3c(C)ncn3c2C)ccc1N. The molecule has 3 rings (SSSR count). The summed E-state index contributed by atoms with van der Waals surface area (Å²) in [5.41, 5.74) is 12.3. The van der Waals surface area contributed by atoms with E-state index in [9.17, 15) is 4.79 Å². The van der Waals surface area contributed by atoms with E-state index >= 15 is 0 Å². The standard InChI is InChI=1S/C19H21N5O/c1-10-7-17-12(3)22-9-24(17)13(4)18(10)19(25)23-14-5-6-16(21)15(8-14)11(2)20/h5-9,20H,21H2,1-4H3,(H,23,25). The molecule has 0 aliphatic heterocycles. The number of fused-ring (bicyclic) bond motifs is 1. The van der Waals surface area contributed by atoms with Crippen LogP contribution in [0.3, 0.4) is 0 Å². The number of nitrogens with zero attached hydrogens (tertiary/aromatic N) is 2. The molecule has 25 heavy (non-hydrogen) atoms. The molecule has 0 aliphatic carbocycles. The van der Waals surface area contributed by atoms with Gasteiger partial charge in [-0.05, 0) is 57.5 Å². The minimum atomic E-state index is -0.193. The van der Waals surface area contributed by atoms with Crippen LogP contribution in [-0.2, 0) is 0 Å². The third-order valence-corrected chi connectivity index (χ3v) is 4.41. The van der Waals surface area contributed by atoms with Crippen molar-refractivity contribution in [2.45, 2.75) is 27.7 Å². The number of nitrogens with two attached hydrogens (primary N) is 1. The number of aryl methyl sites for hydroxylation is 3. The van der Waals surface area contributed by atoms with Crippen molar-refractivity contribution in [2.75, 3.05) is 11.1 Å². The largest absolute Gasteiger partial charge is 0.398 e. The van der Waals surface area contributed by atoms with Gasteiger partial charge in [0.1, 0.15) is 0 Å². The Morgan fingerprint density at radius 3 is 2.64 bits per heavy atom. The molecule has 0 saturated heterocycles. The average Bonchev–Trinajstić information content (AvgIpc) is 2.90. The van der Waals surface area contributed by atoms with Crippen LogP contribution in [0.1, 0.15) is 39.8 Å². The fraction of sp³-hybridized carbons (Fsp3) is 0.211. The molecule has 0 spiro atoms. The van der Waals surface area contributed by atoms with Gasteiger partial charge in [0, 0.05) is 28.3 Å². The van der Waals surface area contributed by atoms with Crippen molar-refractivity contribution in [1.29, 1.82) is 5.41 Å². The molecule has 2 aromatic heterocycles. The van der Waals surface area contributed by atoms with Gasteiger partial charge in [-0.3, -0.25) is 4.79 Å². The number of amides is 1. The highest BCUT2D eigenvalue weighted by Gasteiger charge is 2.17. The summed E-state index contributed by atoms with van der Waals surface area (Å²) in [5.74, 6) is -0.193. The van der Waals surface area contributed by atoms with Gasteiger partial charge in [0.05, 0.1) is 23.1 Å². The molecule has 0 fully saturated rings. The topological polar surface area (TPSA) is 96.3 Å². The maximum absolute atomic E-state index is 12.8. The lowest BCUT2D eigenvalue weighted by molar-refractivity contribution is 0.102. The van der Waals surface area contributed by atoms with Gasteiger partial charge in [0.25, 0.3) is 5.91 Å². The Bertz CT molecular complexity index is 1020. The van der Waals surface area contributed by atoms with Gasteiger partial charge < -0.3 is 20.9 Å². The van der Waals surface area contributed by atoms with Gasteiger partial charge in [0.15, 0.2) is 0 Å². The number of carbonyl (C=O) groups excluding carboxylic acids is 1. The van der Waals surface area contributed by atoms with Crippen LogP contribution >= 0.6 is 0 Å². The summed E-state index contributed by atoms with van der Waals surface area (Å²) >= 11 is 0. The quantitative estimate of drug-likeness (QED) is 0.505. The summed E-state index contributed by atoms with van der Waals surface area (Å²) in [4.78, 5) is 17.2. The van der Waals surface area contributed by atoms with E-state index in [0.29, 0.717) is 28.2 Å². The predicted octanol–water partition coefficient (Wildman–Crippen LogP) is 3.48. The number of anilines is 2. The van der Waals surface area contributed by atoms with Crippen LogP contribution in [-0.4, -0.2) is 21.0 Å². The maximum Gasteiger partial charge on any atom is 0.257 e. The van der Waals surface area contributed by atoms with E-state index in [1.165, 1.54) is 0 Å². The smallest absolute Gasteiger partial charge is 0.257 e. The molecule has 6 heteroatoms. The van der Waals surface area contributed by atoms with E-state index in [1.54, 1.807) is 31.5 Å². The molecule has 0 saturated carbocycles. The molecule has 1 amide bonds. The van der Waals surface area contributed by atoms with Crippen molar-refractivity contribution in [3.8, 4) is 0 Å². The van der Waals surface area contributed by atoms with E-state index < -0.39 is 0 Å². The Hall–Kier alpha value is -3.15. The fourth-order valence-electron chi connectivity index (χ4n) is 3.07. The van der Waals surface area contributed by atoms with Gasteiger partial charge in [-0.15, -0.1) is 0 Å². The molecule has 0 aliphatic rings. The number of imidazole rings is 1. The molecule has 0 atom stereocenters. The molecule has 4 N–H and O–H groups in total. The number of nitrogen functional groups attached to an aromatic ring is 1. The highest BCUT2D eigenvalue weighted by Crippen LogP contribution is 2.23. The van der Waals surface area contributed by atoms with Crippen molar-refractivity contribution >= 4 is 28.5 Å². The zero-order valence-corrected chi connectivity index (χ0v) is 14.8. The number of rotatable bonds is 3. The summed E-state index contributed by atoms with van der Waals surface area (Å²) in [6.07, 6.45) is 1.73. The van der Waals surface area contributed by atoms with Crippen molar-refractivity contribution in [3.63, 3.8) is 0 Å². The number of benzene rings is 1. The Morgan fingerprint density at radius 2 is 1.96 bits per heavy atom. The first kappa shape index (κ1) is 16.7. The third-order valence-electron chi connectivity index (χ3n) is 4.41. The number of pyridine rings is 1. The molecular weight excluding hydrogens is 314 g/mol. The molecule has 0 bridgehead atoms.